The molecular weight excluding hydrogens is 515 g/mol. The molecule has 2 aliphatic rings. The molecule has 6 heteroatoms. The first-order valence-corrected chi connectivity index (χ1v) is 14.3. The van der Waals surface area contributed by atoms with E-state index in [1.54, 1.807) is 6.07 Å². The van der Waals surface area contributed by atoms with E-state index in [2.05, 4.69) is 0 Å². The Hall–Kier alpha value is -4.86. The number of aromatic nitrogens is 1. The van der Waals surface area contributed by atoms with Gasteiger partial charge in [-0.1, -0.05) is 78.9 Å². The highest BCUT2D eigenvalue weighted by Crippen LogP contribution is 2.44. The van der Waals surface area contributed by atoms with Crippen molar-refractivity contribution >= 4 is 53.4 Å². The first-order valence-electron chi connectivity index (χ1n) is 13.1. The minimum absolute atomic E-state index is 0.0355. The molecule has 5 nitrogen and oxygen atoms in total. The maximum Gasteiger partial charge on any atom is 0.268 e. The fraction of sp³-hybridized carbons (Fsp3) is 0.0294. The summed E-state index contributed by atoms with van der Waals surface area (Å²) in [6, 6.07) is 35.0. The average molecular weight is 537 g/mol. The highest BCUT2D eigenvalue weighted by molar-refractivity contribution is 7.58. The van der Waals surface area contributed by atoms with Gasteiger partial charge in [0.1, 0.15) is 0 Å². The Morgan fingerprint density at radius 2 is 1.32 bits per heavy atom. The second-order valence-electron chi connectivity index (χ2n) is 10.1. The van der Waals surface area contributed by atoms with Crippen LogP contribution in [0.5, 0.6) is 0 Å². The second kappa shape index (κ2) is 8.57. The summed E-state index contributed by atoms with van der Waals surface area (Å²) in [6.07, 6.45) is 0.511. The molecule has 2 aliphatic heterocycles. The summed E-state index contributed by atoms with van der Waals surface area (Å²) < 4.78 is 2.04. The molecule has 0 spiro atoms. The molecule has 0 saturated heterocycles. The molecule has 5 aromatic carbocycles. The summed E-state index contributed by atoms with van der Waals surface area (Å²) in [5.41, 5.74) is 7.44. The van der Waals surface area contributed by atoms with E-state index in [0.717, 1.165) is 38.5 Å². The zero-order chi connectivity index (χ0) is 27.0. The number of carbonyl (C=O) groups excluding carboxylic acids is 3. The number of fused-ring (bicyclic) bond motifs is 7. The minimum atomic E-state index is -0.344. The number of amides is 2. The summed E-state index contributed by atoms with van der Waals surface area (Å²) in [6.45, 7) is 0. The average Bonchev–Trinajstić information content (AvgIpc) is 3.46. The number of imide groups is 1. The molecule has 0 radical (unpaired) electrons. The number of nitrogens with zero attached hydrogens (tertiary/aromatic N) is 2. The number of anilines is 1. The van der Waals surface area contributed by atoms with Gasteiger partial charge in [-0.3, -0.25) is 14.4 Å². The lowest BCUT2D eigenvalue weighted by molar-refractivity contribution is 0.0925. The van der Waals surface area contributed by atoms with Gasteiger partial charge in [0.25, 0.3) is 11.8 Å². The van der Waals surface area contributed by atoms with Crippen molar-refractivity contribution in [3.63, 3.8) is 0 Å². The van der Waals surface area contributed by atoms with Crippen molar-refractivity contribution in [3.8, 4) is 16.8 Å². The number of rotatable bonds is 2. The van der Waals surface area contributed by atoms with Gasteiger partial charge in [0.2, 0.25) is 0 Å². The SMILES string of the molecule is O=C1PCc2ccc3c(c2-n2c4ccccc4c4cccc1c42)C(=O)N(c1ccc(-c2ccccc2)cc1)C3=O. The van der Waals surface area contributed by atoms with Crippen LogP contribution in [0.3, 0.4) is 0 Å². The zero-order valence-corrected chi connectivity index (χ0v) is 22.2. The van der Waals surface area contributed by atoms with E-state index in [4.69, 9.17) is 0 Å². The Labute approximate surface area is 231 Å². The summed E-state index contributed by atoms with van der Waals surface area (Å²) in [7, 11) is 0.0355. The first kappa shape index (κ1) is 23.1. The van der Waals surface area contributed by atoms with E-state index < -0.39 is 0 Å². The summed E-state index contributed by atoms with van der Waals surface area (Å²) >= 11 is 0. The van der Waals surface area contributed by atoms with Crippen molar-refractivity contribution in [1.82, 2.24) is 4.57 Å². The topological polar surface area (TPSA) is 59.4 Å². The van der Waals surface area contributed by atoms with Crippen molar-refractivity contribution in [2.45, 2.75) is 6.16 Å². The Kier molecular flexibility index (Phi) is 4.94. The Balaban J connectivity index is 1.35. The van der Waals surface area contributed by atoms with Crippen LogP contribution < -0.4 is 4.90 Å². The Morgan fingerprint density at radius 3 is 2.15 bits per heavy atom. The Bertz CT molecular complexity index is 2060. The highest BCUT2D eigenvalue weighted by atomic mass is 31.1. The molecule has 190 valence electrons. The van der Waals surface area contributed by atoms with Gasteiger partial charge in [0, 0.05) is 16.3 Å². The fourth-order valence-electron chi connectivity index (χ4n) is 6.12. The largest absolute Gasteiger partial charge is 0.307 e. The van der Waals surface area contributed by atoms with Gasteiger partial charge in [-0.05, 0) is 61.8 Å². The molecule has 0 fully saturated rings. The summed E-state index contributed by atoms with van der Waals surface area (Å²) in [5, 5.41) is 1.97. The number of hydrogen-bond donors (Lipinski definition) is 0. The summed E-state index contributed by atoms with van der Waals surface area (Å²) in [5.74, 6) is -0.681. The zero-order valence-electron chi connectivity index (χ0n) is 21.2. The third-order valence-electron chi connectivity index (χ3n) is 7.95. The van der Waals surface area contributed by atoms with Crippen LogP contribution in [0, 0.1) is 0 Å². The summed E-state index contributed by atoms with van der Waals surface area (Å²) in [4.78, 5) is 42.6. The molecule has 0 saturated carbocycles. The predicted octanol–water partition coefficient (Wildman–Crippen LogP) is 7.58. The van der Waals surface area contributed by atoms with E-state index in [0.29, 0.717) is 34.2 Å². The fourth-order valence-corrected chi connectivity index (χ4v) is 7.15. The van der Waals surface area contributed by atoms with Gasteiger partial charge in [-0.2, -0.15) is 0 Å². The number of carbonyl (C=O) groups is 3. The van der Waals surface area contributed by atoms with Crippen molar-refractivity contribution in [1.29, 1.82) is 0 Å². The van der Waals surface area contributed by atoms with Gasteiger partial charge in [0.15, 0.2) is 5.52 Å². The number of hydrogen-bond acceptors (Lipinski definition) is 3. The lowest BCUT2D eigenvalue weighted by Gasteiger charge is -2.20. The predicted molar refractivity (Wildman–Crippen MR) is 160 cm³/mol. The van der Waals surface area contributed by atoms with Gasteiger partial charge in [-0.15, -0.1) is 0 Å². The van der Waals surface area contributed by atoms with Crippen molar-refractivity contribution in [2.75, 3.05) is 4.90 Å². The van der Waals surface area contributed by atoms with E-state index >= 15 is 0 Å². The van der Waals surface area contributed by atoms with Crippen LogP contribution in [0.4, 0.5) is 5.69 Å². The van der Waals surface area contributed by atoms with Crippen LogP contribution in [0.15, 0.2) is 109 Å². The van der Waals surface area contributed by atoms with E-state index in [1.165, 1.54) is 4.90 Å². The molecule has 40 heavy (non-hydrogen) atoms. The molecule has 0 bridgehead atoms. The maximum atomic E-state index is 14.2. The van der Waals surface area contributed by atoms with Gasteiger partial charge < -0.3 is 4.57 Å². The molecule has 2 amide bonds. The van der Waals surface area contributed by atoms with Gasteiger partial charge >= 0.3 is 0 Å². The standard InChI is InChI=1S/C34H21N2O3P/c37-32-26-18-15-22-19-40-34(39)27-11-6-10-25-24-9-4-5-12-28(24)36(31(25)27)30(22)29(26)33(38)35(32)23-16-13-21(14-17-23)20-7-2-1-3-8-20/h1-18,40H,19H2. The first-order chi connectivity index (χ1) is 19.6. The van der Waals surface area contributed by atoms with E-state index in [-0.39, 0.29) is 25.9 Å². The van der Waals surface area contributed by atoms with Crippen LogP contribution in [0.25, 0.3) is 38.6 Å². The maximum absolute atomic E-state index is 14.2. The van der Waals surface area contributed by atoms with Crippen LogP contribution in [0.2, 0.25) is 0 Å². The lowest BCUT2D eigenvalue weighted by Crippen LogP contribution is -2.29. The second-order valence-corrected chi connectivity index (χ2v) is 11.3. The monoisotopic (exact) mass is 536 g/mol. The lowest BCUT2D eigenvalue weighted by atomic mass is 10.0. The third-order valence-corrected chi connectivity index (χ3v) is 9.10. The minimum Gasteiger partial charge on any atom is -0.307 e. The van der Waals surface area contributed by atoms with Gasteiger partial charge in [-0.25, -0.2) is 4.90 Å². The highest BCUT2D eigenvalue weighted by Gasteiger charge is 2.41. The Morgan fingerprint density at radius 1 is 0.600 bits per heavy atom. The normalized spacial score (nSPS) is 15.0. The van der Waals surface area contributed by atoms with Crippen molar-refractivity contribution < 1.29 is 14.4 Å². The van der Waals surface area contributed by atoms with Crippen LogP contribution in [-0.2, 0) is 6.16 Å². The number of para-hydroxylation sites is 2. The van der Waals surface area contributed by atoms with Crippen LogP contribution >= 0.6 is 8.58 Å². The smallest absolute Gasteiger partial charge is 0.268 e. The molecule has 0 aliphatic carbocycles. The molecule has 0 N–H and O–H groups in total. The third kappa shape index (κ3) is 3.16. The number of benzene rings is 5. The van der Waals surface area contributed by atoms with E-state index in [1.807, 2.05) is 108 Å². The molecule has 3 heterocycles. The molecule has 1 unspecified atom stereocenters. The molecule has 1 atom stereocenters. The quantitative estimate of drug-likeness (QED) is 0.169. The van der Waals surface area contributed by atoms with E-state index in [9.17, 15) is 14.4 Å². The molecule has 8 rings (SSSR count). The molecular formula is C34H21N2O3P. The van der Waals surface area contributed by atoms with Crippen molar-refractivity contribution in [3.05, 3.63) is 131 Å². The van der Waals surface area contributed by atoms with Crippen LogP contribution in [0.1, 0.15) is 36.6 Å². The van der Waals surface area contributed by atoms with Gasteiger partial charge in [0.05, 0.1) is 33.5 Å². The van der Waals surface area contributed by atoms with Crippen molar-refractivity contribution in [2.24, 2.45) is 0 Å². The van der Waals surface area contributed by atoms with Crippen LogP contribution in [-0.4, -0.2) is 21.9 Å². The molecule has 1 aromatic heterocycles. The molecule has 6 aromatic rings.